The number of ether oxygens (including phenoxy) is 2. The van der Waals surface area contributed by atoms with Gasteiger partial charge in [0, 0.05) is 0 Å². The van der Waals surface area contributed by atoms with Crippen LogP contribution in [0.3, 0.4) is 0 Å². The third-order valence-electron chi connectivity index (χ3n) is 3.31. The van der Waals surface area contributed by atoms with Gasteiger partial charge in [-0.25, -0.2) is 4.39 Å². The van der Waals surface area contributed by atoms with E-state index in [0.717, 1.165) is 0 Å². The normalized spacial score (nSPS) is 10.8. The first-order valence-electron chi connectivity index (χ1n) is 6.78. The highest BCUT2D eigenvalue weighted by atomic mass is 19.1. The minimum Gasteiger partial charge on any atom is -0.493 e. The molecule has 0 aliphatic heterocycles. The van der Waals surface area contributed by atoms with Crippen LogP contribution in [-0.4, -0.2) is 19.1 Å². The topological polar surface area (TPSA) is 85.4 Å². The number of rotatable bonds is 5. The van der Waals surface area contributed by atoms with Gasteiger partial charge in [-0.2, -0.15) is 5.26 Å². The average Bonchev–Trinajstić information content (AvgIpc) is 2.59. The van der Waals surface area contributed by atoms with E-state index >= 15 is 0 Å². The Morgan fingerprint density at radius 2 is 1.79 bits per heavy atom. The van der Waals surface area contributed by atoms with Crippen LogP contribution in [0.15, 0.2) is 36.4 Å². The van der Waals surface area contributed by atoms with E-state index in [1.807, 2.05) is 6.07 Å². The average molecular weight is 328 g/mol. The van der Waals surface area contributed by atoms with Crippen LogP contribution in [0.4, 0.5) is 10.1 Å². The molecule has 0 radical (unpaired) electrons. The fourth-order valence-corrected chi connectivity index (χ4v) is 2.12. The van der Waals surface area contributed by atoms with Crippen LogP contribution in [0.5, 0.6) is 11.5 Å². The summed E-state index contributed by atoms with van der Waals surface area (Å²) in [6.45, 7) is 0. The number of benzene rings is 2. The number of hydrogen-bond acceptors (Lipinski definition) is 5. The lowest BCUT2D eigenvalue weighted by Gasteiger charge is -2.09. The molecule has 0 aliphatic carbocycles. The van der Waals surface area contributed by atoms with Crippen molar-refractivity contribution >= 4 is 17.3 Å². The molecule has 122 valence electrons. The van der Waals surface area contributed by atoms with E-state index in [1.54, 1.807) is 0 Å². The minimum absolute atomic E-state index is 0.158. The van der Waals surface area contributed by atoms with Gasteiger partial charge in [0.15, 0.2) is 11.5 Å². The summed E-state index contributed by atoms with van der Waals surface area (Å²) >= 11 is 0. The first-order valence-corrected chi connectivity index (χ1v) is 6.78. The lowest BCUT2D eigenvalue weighted by molar-refractivity contribution is -0.385. The van der Waals surface area contributed by atoms with Gasteiger partial charge in [-0.3, -0.25) is 10.1 Å². The molecule has 24 heavy (non-hydrogen) atoms. The number of halogens is 1. The van der Waals surface area contributed by atoms with Gasteiger partial charge in [-0.1, -0.05) is 12.1 Å². The van der Waals surface area contributed by atoms with Gasteiger partial charge in [0.1, 0.15) is 5.82 Å². The number of nitrogens with zero attached hydrogens (tertiary/aromatic N) is 2. The highest BCUT2D eigenvalue weighted by molar-refractivity contribution is 5.91. The Bertz CT molecular complexity index is 839. The highest BCUT2D eigenvalue weighted by Gasteiger charge is 2.19. The van der Waals surface area contributed by atoms with E-state index in [9.17, 15) is 19.8 Å². The smallest absolute Gasteiger partial charge is 0.280 e. The number of methoxy groups -OCH3 is 2. The van der Waals surface area contributed by atoms with Crippen LogP contribution in [0.1, 0.15) is 11.1 Å². The van der Waals surface area contributed by atoms with Crippen LogP contribution in [0, 0.1) is 27.3 Å². The van der Waals surface area contributed by atoms with Gasteiger partial charge in [0.05, 0.1) is 42.4 Å². The lowest BCUT2D eigenvalue weighted by Crippen LogP contribution is -1.97. The van der Waals surface area contributed by atoms with Gasteiger partial charge in [0.2, 0.25) is 0 Å². The van der Waals surface area contributed by atoms with Crippen LogP contribution in [0.25, 0.3) is 11.6 Å². The molecule has 0 aliphatic rings. The molecule has 0 atom stereocenters. The Hall–Kier alpha value is -3.40. The summed E-state index contributed by atoms with van der Waals surface area (Å²) < 4.78 is 23.2. The molecule has 0 bridgehead atoms. The molecular formula is C17H13FN2O4. The molecule has 0 heterocycles. The first-order chi connectivity index (χ1) is 11.5. The summed E-state index contributed by atoms with van der Waals surface area (Å²) in [5, 5.41) is 20.6. The van der Waals surface area contributed by atoms with Crippen molar-refractivity contribution in [3.05, 3.63) is 63.5 Å². The van der Waals surface area contributed by atoms with Gasteiger partial charge in [-0.15, -0.1) is 0 Å². The van der Waals surface area contributed by atoms with Crippen molar-refractivity contribution in [2.75, 3.05) is 14.2 Å². The molecule has 0 spiro atoms. The third-order valence-corrected chi connectivity index (χ3v) is 3.31. The maximum atomic E-state index is 13.0. The summed E-state index contributed by atoms with van der Waals surface area (Å²) in [7, 11) is 2.78. The van der Waals surface area contributed by atoms with Crippen LogP contribution >= 0.6 is 0 Å². The standard InChI is InChI=1S/C17H13FN2O4/c1-23-16-8-12(15(20(21)22)9-17(16)24-2)7-13(10-19)11-3-5-14(18)6-4-11/h3-9H,1-2H3. The van der Waals surface area contributed by atoms with Gasteiger partial charge >= 0.3 is 0 Å². The van der Waals surface area contributed by atoms with Crippen LogP contribution < -0.4 is 9.47 Å². The summed E-state index contributed by atoms with van der Waals surface area (Å²) in [6, 6.07) is 9.88. The number of allylic oxidation sites excluding steroid dienone is 1. The molecule has 0 aromatic heterocycles. The molecule has 0 unspecified atom stereocenters. The summed E-state index contributed by atoms with van der Waals surface area (Å²) in [5.41, 5.74) is 0.550. The molecule has 0 saturated heterocycles. The number of nitro benzene ring substituents is 1. The molecular weight excluding hydrogens is 315 g/mol. The highest BCUT2D eigenvalue weighted by Crippen LogP contribution is 2.36. The van der Waals surface area contributed by atoms with Crippen molar-refractivity contribution in [2.24, 2.45) is 0 Å². The van der Waals surface area contributed by atoms with E-state index in [1.165, 1.54) is 56.7 Å². The van der Waals surface area contributed by atoms with Crippen LogP contribution in [0.2, 0.25) is 0 Å². The van der Waals surface area contributed by atoms with Crippen LogP contribution in [-0.2, 0) is 0 Å². The van der Waals surface area contributed by atoms with Crippen molar-refractivity contribution in [1.29, 1.82) is 5.26 Å². The monoisotopic (exact) mass is 328 g/mol. The lowest BCUT2D eigenvalue weighted by atomic mass is 10.0. The van der Waals surface area contributed by atoms with Gasteiger partial charge in [-0.05, 0) is 29.8 Å². The summed E-state index contributed by atoms with van der Waals surface area (Å²) in [4.78, 5) is 10.7. The molecule has 6 nitrogen and oxygen atoms in total. The van der Waals surface area contributed by atoms with E-state index in [4.69, 9.17) is 9.47 Å². The Labute approximate surface area is 137 Å². The zero-order valence-electron chi connectivity index (χ0n) is 12.9. The third kappa shape index (κ3) is 3.50. The predicted octanol–water partition coefficient (Wildman–Crippen LogP) is 3.82. The number of nitriles is 1. The van der Waals surface area contributed by atoms with E-state index in [0.29, 0.717) is 11.3 Å². The van der Waals surface area contributed by atoms with Gasteiger partial charge < -0.3 is 9.47 Å². The SMILES string of the molecule is COc1cc(C=C(C#N)c2ccc(F)cc2)c([N+](=O)[O-])cc1OC. The zero-order chi connectivity index (χ0) is 17.7. The first kappa shape index (κ1) is 17.0. The zero-order valence-corrected chi connectivity index (χ0v) is 12.9. The maximum Gasteiger partial charge on any atom is 0.280 e. The largest absolute Gasteiger partial charge is 0.493 e. The second kappa shape index (κ2) is 7.24. The Morgan fingerprint density at radius 1 is 1.21 bits per heavy atom. The molecule has 7 heteroatoms. The predicted molar refractivity (Wildman–Crippen MR) is 86.1 cm³/mol. The molecule has 0 fully saturated rings. The van der Waals surface area contributed by atoms with E-state index in [-0.39, 0.29) is 22.6 Å². The Balaban J connectivity index is 2.62. The summed E-state index contributed by atoms with van der Waals surface area (Å²) in [6.07, 6.45) is 1.35. The number of nitro groups is 1. The molecule has 0 amide bonds. The molecule has 2 aromatic rings. The summed E-state index contributed by atoms with van der Waals surface area (Å²) in [5.74, 6) is 0.0699. The second-order valence-corrected chi connectivity index (χ2v) is 4.70. The molecule has 2 aromatic carbocycles. The Kier molecular flexibility index (Phi) is 5.12. The van der Waals surface area contributed by atoms with E-state index in [2.05, 4.69) is 0 Å². The fourth-order valence-electron chi connectivity index (χ4n) is 2.12. The minimum atomic E-state index is -0.576. The fraction of sp³-hybridized carbons (Fsp3) is 0.118. The molecule has 0 N–H and O–H groups in total. The molecule has 0 saturated carbocycles. The Morgan fingerprint density at radius 3 is 2.29 bits per heavy atom. The van der Waals surface area contributed by atoms with Crippen molar-refractivity contribution in [1.82, 2.24) is 0 Å². The quantitative estimate of drug-likeness (QED) is 0.360. The van der Waals surface area contributed by atoms with Crippen molar-refractivity contribution in [2.45, 2.75) is 0 Å². The van der Waals surface area contributed by atoms with Crippen molar-refractivity contribution in [3.63, 3.8) is 0 Å². The van der Waals surface area contributed by atoms with Crippen molar-refractivity contribution < 1.29 is 18.8 Å². The number of hydrogen-bond donors (Lipinski definition) is 0. The maximum absolute atomic E-state index is 13.0. The van der Waals surface area contributed by atoms with Gasteiger partial charge in [0.25, 0.3) is 5.69 Å². The molecule has 2 rings (SSSR count). The van der Waals surface area contributed by atoms with E-state index < -0.39 is 10.7 Å². The second-order valence-electron chi connectivity index (χ2n) is 4.70. The van der Waals surface area contributed by atoms with Crippen molar-refractivity contribution in [3.8, 4) is 17.6 Å².